The van der Waals surface area contributed by atoms with E-state index in [0.29, 0.717) is 56.5 Å². The standard InChI is InChI=1S/C22H26F2N2O5/c1-13-17(27)9-20(25-10-14-11-29-7-8-30-14)26-6-5-16-15(21(13)26)3-4-18(22(16)28-2)31-12-19(23)24/h3-4,9,14,19,25H,5-8,10-12H2,1-2H3. The molecule has 0 saturated carbocycles. The Kier molecular flexibility index (Phi) is 6.43. The first-order chi connectivity index (χ1) is 15.0. The molecular formula is C22H26F2N2O5. The van der Waals surface area contributed by atoms with Crippen molar-refractivity contribution in [1.82, 2.24) is 4.57 Å². The zero-order chi connectivity index (χ0) is 22.0. The van der Waals surface area contributed by atoms with Crippen LogP contribution in [0, 0.1) is 6.92 Å². The Morgan fingerprint density at radius 1 is 1.32 bits per heavy atom. The van der Waals surface area contributed by atoms with Gasteiger partial charge >= 0.3 is 0 Å². The highest BCUT2D eigenvalue weighted by Gasteiger charge is 2.26. The molecule has 1 fully saturated rings. The van der Waals surface area contributed by atoms with Gasteiger partial charge in [-0.2, -0.15) is 0 Å². The number of rotatable bonds is 7. The highest BCUT2D eigenvalue weighted by molar-refractivity contribution is 5.75. The predicted molar refractivity (Wildman–Crippen MR) is 112 cm³/mol. The van der Waals surface area contributed by atoms with Crippen LogP contribution < -0.4 is 20.2 Å². The zero-order valence-electron chi connectivity index (χ0n) is 17.6. The van der Waals surface area contributed by atoms with Gasteiger partial charge in [0.05, 0.1) is 38.7 Å². The van der Waals surface area contributed by atoms with Crippen LogP contribution in [0.2, 0.25) is 0 Å². The van der Waals surface area contributed by atoms with Crippen molar-refractivity contribution in [1.29, 1.82) is 0 Å². The molecule has 1 aromatic heterocycles. The van der Waals surface area contributed by atoms with E-state index >= 15 is 0 Å². The molecule has 1 N–H and O–H groups in total. The van der Waals surface area contributed by atoms with E-state index in [0.717, 1.165) is 16.8 Å². The van der Waals surface area contributed by atoms with Gasteiger partial charge in [-0.15, -0.1) is 0 Å². The number of halogens is 2. The third kappa shape index (κ3) is 4.38. The Bertz CT molecular complexity index is 1000. The molecule has 3 heterocycles. The number of anilines is 1. The molecule has 2 aliphatic heterocycles. The molecule has 4 rings (SSSR count). The molecule has 168 valence electrons. The average molecular weight is 436 g/mol. The van der Waals surface area contributed by atoms with E-state index in [4.69, 9.17) is 18.9 Å². The number of alkyl halides is 2. The van der Waals surface area contributed by atoms with E-state index in [1.807, 2.05) is 0 Å². The van der Waals surface area contributed by atoms with Crippen molar-refractivity contribution in [3.63, 3.8) is 0 Å². The maximum absolute atomic E-state index is 12.7. The molecule has 1 unspecified atom stereocenters. The van der Waals surface area contributed by atoms with Gasteiger partial charge in [-0.25, -0.2) is 8.78 Å². The number of hydrogen-bond acceptors (Lipinski definition) is 6. The molecule has 0 radical (unpaired) electrons. The smallest absolute Gasteiger partial charge is 0.272 e. The van der Waals surface area contributed by atoms with Gasteiger partial charge in [0.25, 0.3) is 6.43 Å². The fraction of sp³-hybridized carbons (Fsp3) is 0.500. The number of methoxy groups -OCH3 is 1. The van der Waals surface area contributed by atoms with Crippen molar-refractivity contribution in [3.8, 4) is 22.8 Å². The van der Waals surface area contributed by atoms with Crippen molar-refractivity contribution < 1.29 is 27.7 Å². The molecule has 1 atom stereocenters. The molecule has 0 amide bonds. The van der Waals surface area contributed by atoms with E-state index in [1.54, 1.807) is 25.1 Å². The summed E-state index contributed by atoms with van der Waals surface area (Å²) in [6.07, 6.45) is -2.04. The van der Waals surface area contributed by atoms with Crippen molar-refractivity contribution >= 4 is 5.82 Å². The minimum Gasteiger partial charge on any atom is -0.493 e. The summed E-state index contributed by atoms with van der Waals surface area (Å²) in [7, 11) is 1.49. The highest BCUT2D eigenvalue weighted by Crippen LogP contribution is 2.42. The van der Waals surface area contributed by atoms with Gasteiger partial charge < -0.3 is 28.8 Å². The quantitative estimate of drug-likeness (QED) is 0.720. The fourth-order valence-corrected chi connectivity index (χ4v) is 4.14. The van der Waals surface area contributed by atoms with Gasteiger partial charge in [-0.1, -0.05) is 0 Å². The van der Waals surface area contributed by atoms with Crippen molar-refractivity contribution in [3.05, 3.63) is 39.5 Å². The third-order valence-corrected chi connectivity index (χ3v) is 5.58. The van der Waals surface area contributed by atoms with Gasteiger partial charge in [0.2, 0.25) is 0 Å². The zero-order valence-corrected chi connectivity index (χ0v) is 17.6. The summed E-state index contributed by atoms with van der Waals surface area (Å²) in [5, 5.41) is 3.33. The highest BCUT2D eigenvalue weighted by atomic mass is 19.3. The van der Waals surface area contributed by atoms with Crippen molar-refractivity contribution in [2.45, 2.75) is 32.4 Å². The van der Waals surface area contributed by atoms with Crippen LogP contribution in [0.4, 0.5) is 14.6 Å². The van der Waals surface area contributed by atoms with Crippen LogP contribution in [0.25, 0.3) is 11.3 Å². The molecule has 0 bridgehead atoms. The SMILES string of the molecule is COc1c(OCC(F)F)ccc2c1CCn1c(NCC3COCCO3)cc(=O)c(C)c1-2. The van der Waals surface area contributed by atoms with E-state index in [-0.39, 0.29) is 17.3 Å². The Morgan fingerprint density at radius 2 is 2.16 bits per heavy atom. The lowest BCUT2D eigenvalue weighted by molar-refractivity contribution is -0.0819. The molecule has 9 heteroatoms. The Hall–Kier alpha value is -2.65. The van der Waals surface area contributed by atoms with Gasteiger partial charge in [0.15, 0.2) is 16.9 Å². The maximum Gasteiger partial charge on any atom is 0.272 e. The number of aromatic nitrogens is 1. The molecule has 31 heavy (non-hydrogen) atoms. The normalized spacial score (nSPS) is 17.8. The average Bonchev–Trinajstić information content (AvgIpc) is 2.78. The summed E-state index contributed by atoms with van der Waals surface area (Å²) in [4.78, 5) is 12.7. The minimum absolute atomic E-state index is 0.0769. The number of ether oxygens (including phenoxy) is 4. The summed E-state index contributed by atoms with van der Waals surface area (Å²) in [6.45, 7) is 3.88. The summed E-state index contributed by atoms with van der Waals surface area (Å²) in [6, 6.07) is 5.02. The molecule has 2 aliphatic rings. The van der Waals surface area contributed by atoms with Crippen LogP contribution in [0.15, 0.2) is 23.0 Å². The van der Waals surface area contributed by atoms with Crippen LogP contribution in [-0.4, -0.2) is 57.2 Å². The van der Waals surface area contributed by atoms with Crippen molar-refractivity contribution in [2.24, 2.45) is 0 Å². The van der Waals surface area contributed by atoms with E-state index in [1.165, 1.54) is 7.11 Å². The van der Waals surface area contributed by atoms with Gasteiger partial charge in [0.1, 0.15) is 12.4 Å². The van der Waals surface area contributed by atoms with Gasteiger partial charge in [-0.05, 0) is 25.5 Å². The number of pyridine rings is 1. The Labute approximate surface area is 178 Å². The second-order valence-electron chi connectivity index (χ2n) is 7.54. The fourth-order valence-electron chi connectivity index (χ4n) is 4.14. The maximum atomic E-state index is 12.7. The predicted octanol–water partition coefficient (Wildman–Crippen LogP) is 2.86. The lowest BCUT2D eigenvalue weighted by Gasteiger charge is -2.30. The summed E-state index contributed by atoms with van der Waals surface area (Å²) in [5.41, 5.74) is 3.00. The molecular weight excluding hydrogens is 410 g/mol. The molecule has 0 aliphatic carbocycles. The topological polar surface area (TPSA) is 71.0 Å². The summed E-state index contributed by atoms with van der Waals surface area (Å²) >= 11 is 0. The van der Waals surface area contributed by atoms with Crippen LogP contribution in [0.5, 0.6) is 11.5 Å². The summed E-state index contributed by atoms with van der Waals surface area (Å²) in [5.74, 6) is 1.42. The number of nitrogens with zero attached hydrogens (tertiary/aromatic N) is 1. The van der Waals surface area contributed by atoms with E-state index < -0.39 is 13.0 Å². The van der Waals surface area contributed by atoms with Crippen LogP contribution in [-0.2, 0) is 22.4 Å². The number of hydrogen-bond donors (Lipinski definition) is 1. The third-order valence-electron chi connectivity index (χ3n) is 5.58. The molecule has 1 saturated heterocycles. The minimum atomic E-state index is -2.57. The second-order valence-corrected chi connectivity index (χ2v) is 7.54. The lowest BCUT2D eigenvalue weighted by atomic mass is 9.93. The van der Waals surface area contributed by atoms with Crippen LogP contribution >= 0.6 is 0 Å². The van der Waals surface area contributed by atoms with E-state index in [2.05, 4.69) is 9.88 Å². The second kappa shape index (κ2) is 9.23. The lowest BCUT2D eigenvalue weighted by Crippen LogP contribution is -2.35. The first-order valence-electron chi connectivity index (χ1n) is 10.3. The van der Waals surface area contributed by atoms with Crippen molar-refractivity contribution in [2.75, 3.05) is 45.4 Å². The van der Waals surface area contributed by atoms with Gasteiger partial charge in [-0.3, -0.25) is 4.79 Å². The number of nitrogens with one attached hydrogen (secondary N) is 1. The van der Waals surface area contributed by atoms with Gasteiger partial charge in [0, 0.05) is 35.8 Å². The van der Waals surface area contributed by atoms with Crippen LogP contribution in [0.1, 0.15) is 11.1 Å². The first kappa shape index (κ1) is 21.6. The Morgan fingerprint density at radius 3 is 2.87 bits per heavy atom. The number of benzene rings is 1. The monoisotopic (exact) mass is 436 g/mol. The Balaban J connectivity index is 1.70. The summed E-state index contributed by atoms with van der Waals surface area (Å²) < 4.78 is 49.2. The largest absolute Gasteiger partial charge is 0.493 e. The molecule has 1 aromatic carbocycles. The molecule has 2 aromatic rings. The number of fused-ring (bicyclic) bond motifs is 3. The molecule has 7 nitrogen and oxygen atoms in total. The van der Waals surface area contributed by atoms with E-state index in [9.17, 15) is 13.6 Å². The molecule has 0 spiro atoms. The first-order valence-corrected chi connectivity index (χ1v) is 10.3. The van der Waals surface area contributed by atoms with Crippen LogP contribution in [0.3, 0.4) is 0 Å².